The van der Waals surface area contributed by atoms with Gasteiger partial charge in [0, 0.05) is 12.1 Å². The second-order valence-corrected chi connectivity index (χ2v) is 3.87. The van der Waals surface area contributed by atoms with Gasteiger partial charge in [-0.25, -0.2) is 0 Å². The number of aromatic amines is 1. The molecule has 0 atom stereocenters. The second kappa shape index (κ2) is 4.58. The monoisotopic (exact) mass is 251 g/mol. The Morgan fingerprint density at radius 3 is 2.88 bits per heavy atom. The van der Waals surface area contributed by atoms with Crippen molar-refractivity contribution < 1.29 is 9.84 Å². The highest BCUT2D eigenvalue weighted by atomic mass is 32.1. The van der Waals surface area contributed by atoms with Crippen LogP contribution >= 0.6 is 12.2 Å². The molecule has 1 aromatic heterocycles. The molecule has 0 saturated heterocycles. The van der Waals surface area contributed by atoms with Gasteiger partial charge >= 0.3 is 0 Å². The minimum absolute atomic E-state index is 0.0848. The van der Waals surface area contributed by atoms with Crippen LogP contribution in [0.3, 0.4) is 0 Å². The molecule has 0 aliphatic heterocycles. The van der Waals surface area contributed by atoms with Crippen LogP contribution < -0.4 is 4.74 Å². The van der Waals surface area contributed by atoms with Gasteiger partial charge in [0.15, 0.2) is 22.1 Å². The first kappa shape index (κ1) is 11.7. The van der Waals surface area contributed by atoms with Gasteiger partial charge in [-0.3, -0.25) is 5.10 Å². The Morgan fingerprint density at radius 1 is 1.53 bits per heavy atom. The molecule has 0 fully saturated rings. The Balaban J connectivity index is 2.53. The topological polar surface area (TPSA) is 63.1 Å². The number of aromatic nitrogens is 3. The van der Waals surface area contributed by atoms with Crippen LogP contribution in [-0.2, 0) is 6.54 Å². The van der Waals surface area contributed by atoms with E-state index in [4.69, 9.17) is 17.0 Å². The van der Waals surface area contributed by atoms with E-state index >= 15 is 0 Å². The molecule has 0 aliphatic rings. The van der Waals surface area contributed by atoms with Gasteiger partial charge in [-0.05, 0) is 37.3 Å². The third-order valence-electron chi connectivity index (χ3n) is 2.51. The van der Waals surface area contributed by atoms with Gasteiger partial charge in [-0.1, -0.05) is 0 Å². The number of H-pyrrole nitrogens is 1. The summed E-state index contributed by atoms with van der Waals surface area (Å²) in [4.78, 5) is 0. The van der Waals surface area contributed by atoms with E-state index in [0.29, 0.717) is 16.3 Å². The molecule has 0 saturated carbocycles. The van der Waals surface area contributed by atoms with Crippen molar-refractivity contribution in [3.63, 3.8) is 0 Å². The van der Waals surface area contributed by atoms with Crippen molar-refractivity contribution in [1.82, 2.24) is 14.8 Å². The molecule has 5 nitrogen and oxygen atoms in total. The first-order valence-electron chi connectivity index (χ1n) is 5.20. The van der Waals surface area contributed by atoms with E-state index in [1.165, 1.54) is 7.11 Å². The quantitative estimate of drug-likeness (QED) is 0.822. The van der Waals surface area contributed by atoms with Crippen molar-refractivity contribution >= 4 is 12.2 Å². The number of aromatic hydroxyl groups is 1. The number of rotatable bonds is 3. The van der Waals surface area contributed by atoms with Crippen LogP contribution in [0.15, 0.2) is 18.2 Å². The second-order valence-electron chi connectivity index (χ2n) is 3.48. The van der Waals surface area contributed by atoms with E-state index in [2.05, 4.69) is 10.2 Å². The standard InChI is InChI=1S/C11H13N3O2S/c1-3-14-10(12-13-11(14)17)7-4-5-9(16-2)8(15)6-7/h4-6,15H,3H2,1-2H3,(H,13,17). The van der Waals surface area contributed by atoms with Crippen LogP contribution in [0.2, 0.25) is 0 Å². The van der Waals surface area contributed by atoms with Gasteiger partial charge in [0.1, 0.15) is 0 Å². The molecular formula is C11H13N3O2S. The number of hydrogen-bond acceptors (Lipinski definition) is 4. The molecule has 0 unspecified atom stereocenters. The van der Waals surface area contributed by atoms with Gasteiger partial charge in [0.2, 0.25) is 0 Å². The van der Waals surface area contributed by atoms with Gasteiger partial charge in [-0.2, -0.15) is 5.10 Å². The first-order valence-corrected chi connectivity index (χ1v) is 5.60. The average molecular weight is 251 g/mol. The lowest BCUT2D eigenvalue weighted by molar-refractivity contribution is 0.373. The summed E-state index contributed by atoms with van der Waals surface area (Å²) in [6, 6.07) is 5.13. The molecule has 6 heteroatoms. The fourth-order valence-electron chi connectivity index (χ4n) is 1.66. The number of methoxy groups -OCH3 is 1. The van der Waals surface area contributed by atoms with Gasteiger partial charge < -0.3 is 14.4 Å². The lowest BCUT2D eigenvalue weighted by atomic mass is 10.2. The Labute approximate surface area is 104 Å². The van der Waals surface area contributed by atoms with Crippen LogP contribution in [0.25, 0.3) is 11.4 Å². The SMILES string of the molecule is CCn1c(-c2ccc(OC)c(O)c2)n[nH]c1=S. The maximum Gasteiger partial charge on any atom is 0.195 e. The molecule has 0 amide bonds. The Hall–Kier alpha value is -1.82. The number of phenolic OH excluding ortho intramolecular Hbond substituents is 1. The summed E-state index contributed by atoms with van der Waals surface area (Å²) in [5.41, 5.74) is 0.789. The molecule has 2 N–H and O–H groups in total. The maximum absolute atomic E-state index is 9.72. The summed E-state index contributed by atoms with van der Waals surface area (Å²) >= 11 is 5.11. The zero-order chi connectivity index (χ0) is 12.4. The van der Waals surface area contributed by atoms with E-state index in [0.717, 1.165) is 12.1 Å². The minimum Gasteiger partial charge on any atom is -0.504 e. The molecule has 0 spiro atoms. The first-order chi connectivity index (χ1) is 8.17. The zero-order valence-electron chi connectivity index (χ0n) is 9.60. The highest BCUT2D eigenvalue weighted by molar-refractivity contribution is 7.71. The molecule has 1 aromatic carbocycles. The van der Waals surface area contributed by atoms with Crippen molar-refractivity contribution in [2.24, 2.45) is 0 Å². The van der Waals surface area contributed by atoms with Crippen LogP contribution in [-0.4, -0.2) is 27.0 Å². The normalized spacial score (nSPS) is 10.5. The van der Waals surface area contributed by atoms with Gasteiger partial charge in [0.25, 0.3) is 0 Å². The summed E-state index contributed by atoms with van der Waals surface area (Å²) in [7, 11) is 1.51. The highest BCUT2D eigenvalue weighted by Crippen LogP contribution is 2.30. The van der Waals surface area contributed by atoms with Crippen LogP contribution in [0.1, 0.15) is 6.92 Å². The highest BCUT2D eigenvalue weighted by Gasteiger charge is 2.10. The predicted molar refractivity (Wildman–Crippen MR) is 66.7 cm³/mol. The zero-order valence-corrected chi connectivity index (χ0v) is 10.4. The molecule has 0 aliphatic carbocycles. The Bertz CT molecular complexity index is 589. The van der Waals surface area contributed by atoms with Crippen LogP contribution in [0.4, 0.5) is 0 Å². The van der Waals surface area contributed by atoms with Crippen LogP contribution in [0, 0.1) is 4.77 Å². The molecule has 2 rings (SSSR count). The summed E-state index contributed by atoms with van der Waals surface area (Å²) in [5.74, 6) is 1.22. The molecule has 0 radical (unpaired) electrons. The summed E-state index contributed by atoms with van der Waals surface area (Å²) in [6.45, 7) is 2.70. The van der Waals surface area contributed by atoms with E-state index < -0.39 is 0 Å². The van der Waals surface area contributed by atoms with Crippen molar-refractivity contribution in [2.45, 2.75) is 13.5 Å². The third kappa shape index (κ3) is 2.03. The predicted octanol–water partition coefficient (Wildman–Crippen LogP) is 2.34. The summed E-state index contributed by atoms with van der Waals surface area (Å²) in [6.07, 6.45) is 0. The average Bonchev–Trinajstić information content (AvgIpc) is 2.70. The van der Waals surface area contributed by atoms with Gasteiger partial charge in [-0.15, -0.1) is 0 Å². The third-order valence-corrected chi connectivity index (χ3v) is 2.82. The molecule has 90 valence electrons. The lowest BCUT2D eigenvalue weighted by Gasteiger charge is -2.06. The summed E-state index contributed by atoms with van der Waals surface area (Å²) in [5, 5.41) is 16.6. The fraction of sp³-hybridized carbons (Fsp3) is 0.273. The summed E-state index contributed by atoms with van der Waals surface area (Å²) < 4.78 is 7.42. The van der Waals surface area contributed by atoms with E-state index in [9.17, 15) is 5.11 Å². The Kier molecular flexibility index (Phi) is 3.14. The minimum atomic E-state index is 0.0848. The number of benzene rings is 1. The number of nitrogens with one attached hydrogen (secondary N) is 1. The number of hydrogen-bond donors (Lipinski definition) is 2. The van der Waals surface area contributed by atoms with E-state index in [1.807, 2.05) is 17.6 Å². The molecule has 17 heavy (non-hydrogen) atoms. The number of phenols is 1. The molecule has 0 bridgehead atoms. The van der Waals surface area contributed by atoms with Crippen molar-refractivity contribution in [3.05, 3.63) is 23.0 Å². The van der Waals surface area contributed by atoms with Crippen molar-refractivity contribution in [3.8, 4) is 22.9 Å². The fourth-order valence-corrected chi connectivity index (χ4v) is 1.92. The molecular weight excluding hydrogens is 238 g/mol. The lowest BCUT2D eigenvalue weighted by Crippen LogP contribution is -1.97. The largest absolute Gasteiger partial charge is 0.504 e. The van der Waals surface area contributed by atoms with E-state index in [1.54, 1.807) is 12.1 Å². The van der Waals surface area contributed by atoms with Gasteiger partial charge in [0.05, 0.1) is 7.11 Å². The van der Waals surface area contributed by atoms with Crippen molar-refractivity contribution in [1.29, 1.82) is 0 Å². The number of ether oxygens (including phenoxy) is 1. The maximum atomic E-state index is 9.72. The molecule has 2 aromatic rings. The van der Waals surface area contributed by atoms with E-state index in [-0.39, 0.29) is 5.75 Å². The molecule has 1 heterocycles. The van der Waals surface area contributed by atoms with Crippen molar-refractivity contribution in [2.75, 3.05) is 7.11 Å². The smallest absolute Gasteiger partial charge is 0.195 e. The number of nitrogens with zero attached hydrogens (tertiary/aromatic N) is 2. The van der Waals surface area contributed by atoms with Crippen LogP contribution in [0.5, 0.6) is 11.5 Å². The Morgan fingerprint density at radius 2 is 2.29 bits per heavy atom.